The van der Waals surface area contributed by atoms with Gasteiger partial charge in [-0.2, -0.15) is 5.10 Å². The molecule has 0 aliphatic heterocycles. The van der Waals surface area contributed by atoms with Gasteiger partial charge in [-0.15, -0.1) is 13.2 Å². The van der Waals surface area contributed by atoms with Gasteiger partial charge < -0.3 is 4.74 Å². The van der Waals surface area contributed by atoms with Crippen molar-refractivity contribution in [3.63, 3.8) is 0 Å². The quantitative estimate of drug-likeness (QED) is 0.786. The van der Waals surface area contributed by atoms with Crippen molar-refractivity contribution >= 4 is 23.2 Å². The number of aromatic nitrogens is 3. The zero-order valence-corrected chi connectivity index (χ0v) is 11.2. The van der Waals surface area contributed by atoms with Crippen LogP contribution >= 0.6 is 23.2 Å². The smallest absolute Gasteiger partial charge is 0.386 e. The summed E-state index contributed by atoms with van der Waals surface area (Å²) in [7, 11) is 1.17. The molecule has 0 aliphatic carbocycles. The Balaban J connectivity index is 2.51. The van der Waals surface area contributed by atoms with Gasteiger partial charge in [0.15, 0.2) is 5.82 Å². The van der Waals surface area contributed by atoms with Gasteiger partial charge in [-0.3, -0.25) is 0 Å². The molecule has 108 valence electrons. The van der Waals surface area contributed by atoms with E-state index in [1.165, 1.54) is 7.05 Å². The zero-order valence-electron chi connectivity index (χ0n) is 9.67. The minimum atomic E-state index is -4.94. The molecule has 0 atom stereocenters. The zero-order chi connectivity index (χ0) is 15.1. The average Bonchev–Trinajstić information content (AvgIpc) is 2.55. The van der Waals surface area contributed by atoms with E-state index in [1.54, 1.807) is 0 Å². The number of alkyl halides is 3. The summed E-state index contributed by atoms with van der Waals surface area (Å²) in [4.78, 5) is 3.66. The Bertz CT molecular complexity index is 657. The van der Waals surface area contributed by atoms with Crippen LogP contribution in [0.2, 0.25) is 10.0 Å². The number of halogens is 6. The van der Waals surface area contributed by atoms with Crippen LogP contribution in [0.5, 0.6) is 5.88 Å². The summed E-state index contributed by atoms with van der Waals surface area (Å²) < 4.78 is 54.8. The third kappa shape index (κ3) is 2.96. The molecule has 0 saturated heterocycles. The Kier molecular flexibility index (Phi) is 3.79. The minimum Gasteiger partial charge on any atom is -0.386 e. The normalized spacial score (nSPS) is 11.8. The van der Waals surface area contributed by atoms with Gasteiger partial charge in [0.05, 0.1) is 5.02 Å². The molecule has 0 amide bonds. The Labute approximate surface area is 119 Å². The maximum Gasteiger partial charge on any atom is 0.574 e. The Hall–Kier alpha value is -1.54. The van der Waals surface area contributed by atoms with E-state index in [-0.39, 0.29) is 16.4 Å². The fourth-order valence-corrected chi connectivity index (χ4v) is 1.88. The van der Waals surface area contributed by atoms with Crippen LogP contribution in [0, 0.1) is 5.82 Å². The Morgan fingerprint density at radius 3 is 2.45 bits per heavy atom. The van der Waals surface area contributed by atoms with Crippen molar-refractivity contribution in [2.24, 2.45) is 7.05 Å². The fraction of sp³-hybridized carbons (Fsp3) is 0.200. The summed E-state index contributed by atoms with van der Waals surface area (Å²) in [5.74, 6) is -1.62. The van der Waals surface area contributed by atoms with Crippen molar-refractivity contribution in [1.82, 2.24) is 14.8 Å². The topological polar surface area (TPSA) is 39.9 Å². The maximum atomic E-state index is 13.7. The molecular weight excluding hydrogens is 325 g/mol. The van der Waals surface area contributed by atoms with E-state index in [9.17, 15) is 17.6 Å². The summed E-state index contributed by atoms with van der Waals surface area (Å²) in [5.41, 5.74) is -0.602. The van der Waals surface area contributed by atoms with E-state index < -0.39 is 23.1 Å². The van der Waals surface area contributed by atoms with E-state index >= 15 is 0 Å². The Morgan fingerprint density at radius 1 is 1.25 bits per heavy atom. The van der Waals surface area contributed by atoms with Gasteiger partial charge in [-0.25, -0.2) is 14.1 Å². The fourth-order valence-electron chi connectivity index (χ4n) is 1.44. The SMILES string of the molecule is Cn1nc(-c2ncc(Cl)cc2F)c(Cl)c1OC(F)(F)F. The number of ether oxygens (including phenoxy) is 1. The highest BCUT2D eigenvalue weighted by Crippen LogP contribution is 2.37. The molecule has 2 aromatic heterocycles. The number of hydrogen-bond acceptors (Lipinski definition) is 3. The van der Waals surface area contributed by atoms with Crippen LogP contribution < -0.4 is 4.74 Å². The summed E-state index contributed by atoms with van der Waals surface area (Å²) in [6, 6.07) is 0.944. The molecule has 0 radical (unpaired) electrons. The van der Waals surface area contributed by atoms with Crippen molar-refractivity contribution in [1.29, 1.82) is 0 Å². The molecule has 0 aromatic carbocycles. The molecule has 4 nitrogen and oxygen atoms in total. The largest absolute Gasteiger partial charge is 0.574 e. The number of aryl methyl sites for hydroxylation is 1. The highest BCUT2D eigenvalue weighted by molar-refractivity contribution is 6.34. The molecule has 2 aromatic rings. The van der Waals surface area contributed by atoms with E-state index in [2.05, 4.69) is 14.8 Å². The first-order chi connectivity index (χ1) is 9.19. The van der Waals surface area contributed by atoms with Gasteiger partial charge >= 0.3 is 6.36 Å². The molecule has 2 heterocycles. The third-order valence-electron chi connectivity index (χ3n) is 2.18. The summed E-state index contributed by atoms with van der Waals surface area (Å²) in [6.45, 7) is 0. The van der Waals surface area contributed by atoms with E-state index in [4.69, 9.17) is 23.2 Å². The van der Waals surface area contributed by atoms with Crippen LogP contribution in [0.15, 0.2) is 12.3 Å². The van der Waals surface area contributed by atoms with E-state index in [0.29, 0.717) is 0 Å². The second kappa shape index (κ2) is 5.10. The minimum absolute atomic E-state index is 0.0325. The average molecular weight is 330 g/mol. The van der Waals surface area contributed by atoms with Gasteiger partial charge in [0.25, 0.3) is 0 Å². The van der Waals surface area contributed by atoms with Gasteiger partial charge in [0.1, 0.15) is 16.4 Å². The van der Waals surface area contributed by atoms with Gasteiger partial charge in [0, 0.05) is 13.2 Å². The predicted molar refractivity (Wildman–Crippen MR) is 63.1 cm³/mol. The molecule has 0 N–H and O–H groups in total. The number of rotatable bonds is 2. The molecule has 0 bridgehead atoms. The molecular formula is C10H5Cl2F4N3O. The van der Waals surface area contributed by atoms with Crippen LogP contribution in [0.4, 0.5) is 17.6 Å². The van der Waals surface area contributed by atoms with Gasteiger partial charge in [-0.1, -0.05) is 23.2 Å². The summed E-state index contributed by atoms with van der Waals surface area (Å²) in [5, 5.41) is 3.20. The highest BCUT2D eigenvalue weighted by atomic mass is 35.5. The van der Waals surface area contributed by atoms with E-state index in [1.807, 2.05) is 0 Å². The third-order valence-corrected chi connectivity index (χ3v) is 2.73. The first-order valence-corrected chi connectivity index (χ1v) is 5.74. The van der Waals surface area contributed by atoms with Gasteiger partial charge in [0.2, 0.25) is 5.88 Å². The first kappa shape index (κ1) is 14.9. The van der Waals surface area contributed by atoms with Gasteiger partial charge in [-0.05, 0) is 6.07 Å². The standard InChI is InChI=1S/C10H5Cl2F4N3O/c1-19-9(20-10(14,15)16)6(12)8(18-19)7-5(13)2-4(11)3-17-7/h2-3H,1H3. The van der Waals surface area contributed by atoms with Crippen molar-refractivity contribution in [3.8, 4) is 17.3 Å². The monoisotopic (exact) mass is 329 g/mol. The molecule has 0 aliphatic rings. The number of hydrogen-bond donors (Lipinski definition) is 0. The van der Waals surface area contributed by atoms with Crippen molar-refractivity contribution < 1.29 is 22.3 Å². The number of nitrogens with zero attached hydrogens (tertiary/aromatic N) is 3. The molecule has 10 heteroatoms. The number of pyridine rings is 1. The lowest BCUT2D eigenvalue weighted by atomic mass is 10.2. The second-order valence-corrected chi connectivity index (χ2v) is 4.44. The van der Waals surface area contributed by atoms with Crippen LogP contribution in [0.1, 0.15) is 0 Å². The van der Waals surface area contributed by atoms with Crippen molar-refractivity contribution in [3.05, 3.63) is 28.1 Å². The van der Waals surface area contributed by atoms with Crippen molar-refractivity contribution in [2.75, 3.05) is 0 Å². The maximum absolute atomic E-state index is 13.7. The first-order valence-electron chi connectivity index (χ1n) is 4.98. The summed E-state index contributed by atoms with van der Waals surface area (Å²) in [6.07, 6.45) is -3.82. The lowest BCUT2D eigenvalue weighted by molar-refractivity contribution is -0.277. The molecule has 0 unspecified atom stereocenters. The predicted octanol–water partition coefficient (Wildman–Crippen LogP) is 3.83. The van der Waals surface area contributed by atoms with E-state index in [0.717, 1.165) is 16.9 Å². The van der Waals surface area contributed by atoms with Crippen LogP contribution in [-0.2, 0) is 7.05 Å². The van der Waals surface area contributed by atoms with Crippen LogP contribution in [0.3, 0.4) is 0 Å². The molecule has 20 heavy (non-hydrogen) atoms. The molecule has 0 spiro atoms. The lowest BCUT2D eigenvalue weighted by Gasteiger charge is -2.08. The second-order valence-electron chi connectivity index (χ2n) is 3.62. The molecule has 2 rings (SSSR count). The highest BCUT2D eigenvalue weighted by Gasteiger charge is 2.35. The van der Waals surface area contributed by atoms with Crippen LogP contribution in [-0.4, -0.2) is 21.1 Å². The Morgan fingerprint density at radius 2 is 1.90 bits per heavy atom. The van der Waals surface area contributed by atoms with Crippen molar-refractivity contribution in [2.45, 2.75) is 6.36 Å². The molecule has 0 saturated carbocycles. The summed E-state index contributed by atoms with van der Waals surface area (Å²) >= 11 is 11.3. The molecule has 0 fully saturated rings. The van der Waals surface area contributed by atoms with Crippen LogP contribution in [0.25, 0.3) is 11.4 Å². The lowest BCUT2D eigenvalue weighted by Crippen LogP contribution is -2.19.